The van der Waals surface area contributed by atoms with E-state index in [0.717, 1.165) is 39.3 Å². The van der Waals surface area contributed by atoms with Crippen molar-refractivity contribution >= 4 is 46.6 Å². The second-order valence-electron chi connectivity index (χ2n) is 6.36. The van der Waals surface area contributed by atoms with E-state index < -0.39 is 23.2 Å². The summed E-state index contributed by atoms with van der Waals surface area (Å²) in [5, 5.41) is 0.122. The number of aryl methyl sites for hydroxylation is 1. The summed E-state index contributed by atoms with van der Waals surface area (Å²) in [5.41, 5.74) is 3.47. The summed E-state index contributed by atoms with van der Waals surface area (Å²) in [4.78, 5) is 37.9. The van der Waals surface area contributed by atoms with Gasteiger partial charge in [-0.25, -0.2) is 4.79 Å². The number of ether oxygens (including phenoxy) is 1. The minimum atomic E-state index is -0.973. The Balaban J connectivity index is 1.98. The second kappa shape index (κ2) is 7.85. The number of imide groups is 1. The maximum absolute atomic E-state index is 12.7. The van der Waals surface area contributed by atoms with Gasteiger partial charge in [-0.05, 0) is 62.4 Å². The molecule has 6 nitrogen and oxygen atoms in total. The molecule has 2 heterocycles. The molecule has 0 bridgehead atoms. The van der Waals surface area contributed by atoms with Crippen molar-refractivity contribution in [2.45, 2.75) is 26.8 Å². The molecule has 2 aromatic rings. The van der Waals surface area contributed by atoms with Crippen molar-refractivity contribution in [1.82, 2.24) is 9.47 Å². The molecule has 1 aromatic heterocycles. The van der Waals surface area contributed by atoms with Crippen LogP contribution in [0.25, 0.3) is 11.8 Å². The molecular formula is C20H19ClN2O4S. The monoisotopic (exact) mass is 418 g/mol. The lowest BCUT2D eigenvalue weighted by atomic mass is 10.2. The molecule has 0 spiro atoms. The van der Waals surface area contributed by atoms with Crippen LogP contribution in [0.1, 0.15) is 23.9 Å². The quantitative estimate of drug-likeness (QED) is 0.545. The summed E-state index contributed by atoms with van der Waals surface area (Å²) in [5.74, 6) is -1.14. The highest BCUT2D eigenvalue weighted by Crippen LogP contribution is 2.35. The average molecular weight is 419 g/mol. The Hall–Kier alpha value is -2.51. The van der Waals surface area contributed by atoms with E-state index in [0.29, 0.717) is 5.02 Å². The van der Waals surface area contributed by atoms with Gasteiger partial charge in [-0.2, -0.15) is 0 Å². The number of halogens is 1. The number of thioether (sulfide) groups is 1. The minimum Gasteiger partial charge on any atom is -0.467 e. The molecule has 146 valence electrons. The summed E-state index contributed by atoms with van der Waals surface area (Å²) in [6.07, 6.45) is 1.67. The van der Waals surface area contributed by atoms with Gasteiger partial charge in [-0.3, -0.25) is 14.5 Å². The topological polar surface area (TPSA) is 68.6 Å². The van der Waals surface area contributed by atoms with Gasteiger partial charge in [0.2, 0.25) is 0 Å². The molecule has 0 radical (unpaired) electrons. The van der Waals surface area contributed by atoms with Crippen molar-refractivity contribution in [3.05, 3.63) is 57.2 Å². The molecule has 0 unspecified atom stereocenters. The zero-order valence-electron chi connectivity index (χ0n) is 15.9. The van der Waals surface area contributed by atoms with Gasteiger partial charge < -0.3 is 9.30 Å². The highest BCUT2D eigenvalue weighted by molar-refractivity contribution is 8.18. The molecule has 3 rings (SSSR count). The lowest BCUT2D eigenvalue weighted by Crippen LogP contribution is -2.42. The van der Waals surface area contributed by atoms with Crippen LogP contribution in [0.3, 0.4) is 0 Å². The van der Waals surface area contributed by atoms with Gasteiger partial charge in [-0.15, -0.1) is 0 Å². The number of carbonyl (C=O) groups is 3. The van der Waals surface area contributed by atoms with Gasteiger partial charge in [0.25, 0.3) is 11.1 Å². The van der Waals surface area contributed by atoms with Gasteiger partial charge in [-0.1, -0.05) is 23.7 Å². The van der Waals surface area contributed by atoms with Crippen LogP contribution >= 0.6 is 23.4 Å². The molecule has 0 aliphatic carbocycles. The smallest absolute Gasteiger partial charge is 0.328 e. The summed E-state index contributed by atoms with van der Waals surface area (Å²) < 4.78 is 6.64. The molecule has 1 atom stereocenters. The van der Waals surface area contributed by atoms with E-state index in [2.05, 4.69) is 4.74 Å². The van der Waals surface area contributed by atoms with Crippen LogP contribution < -0.4 is 0 Å². The Kier molecular flexibility index (Phi) is 5.67. The van der Waals surface area contributed by atoms with Gasteiger partial charge in [0, 0.05) is 11.4 Å². The SMILES string of the molecule is COC(=O)[C@H](C)N1C(=O)S/C(=C/c2cc(C)n(-c3ccccc3Cl)c2C)C1=O. The molecule has 8 heteroatoms. The third-order valence-electron chi connectivity index (χ3n) is 4.60. The Labute approximate surface area is 172 Å². The van der Waals surface area contributed by atoms with E-state index in [1.807, 2.05) is 48.7 Å². The maximum Gasteiger partial charge on any atom is 0.328 e. The van der Waals surface area contributed by atoms with E-state index >= 15 is 0 Å². The molecule has 2 amide bonds. The van der Waals surface area contributed by atoms with Crippen LogP contribution in [-0.4, -0.2) is 39.7 Å². The van der Waals surface area contributed by atoms with Crippen molar-refractivity contribution < 1.29 is 19.1 Å². The second-order valence-corrected chi connectivity index (χ2v) is 7.76. The molecular weight excluding hydrogens is 400 g/mol. The normalized spacial score (nSPS) is 16.8. The number of benzene rings is 1. The third kappa shape index (κ3) is 3.47. The van der Waals surface area contributed by atoms with Crippen molar-refractivity contribution in [2.75, 3.05) is 7.11 Å². The molecule has 1 aliphatic heterocycles. The van der Waals surface area contributed by atoms with Gasteiger partial charge in [0.05, 0.1) is 22.7 Å². The van der Waals surface area contributed by atoms with Gasteiger partial charge in [0.1, 0.15) is 6.04 Å². The molecule has 1 saturated heterocycles. The minimum absolute atomic E-state index is 0.264. The van der Waals surface area contributed by atoms with Crippen molar-refractivity contribution in [3.63, 3.8) is 0 Å². The van der Waals surface area contributed by atoms with E-state index in [4.69, 9.17) is 11.6 Å². The number of amides is 2. The first-order valence-corrected chi connectivity index (χ1v) is 9.74. The van der Waals surface area contributed by atoms with E-state index in [1.54, 1.807) is 6.08 Å². The zero-order valence-corrected chi connectivity index (χ0v) is 17.4. The van der Waals surface area contributed by atoms with Crippen LogP contribution in [0, 0.1) is 13.8 Å². The Morgan fingerprint density at radius 3 is 2.57 bits per heavy atom. The molecule has 1 aromatic carbocycles. The van der Waals surface area contributed by atoms with Gasteiger partial charge >= 0.3 is 5.97 Å². The highest BCUT2D eigenvalue weighted by Gasteiger charge is 2.41. The number of para-hydroxylation sites is 1. The largest absolute Gasteiger partial charge is 0.467 e. The molecule has 1 fully saturated rings. The summed E-state index contributed by atoms with van der Waals surface area (Å²) in [6, 6.07) is 8.45. The Morgan fingerprint density at radius 2 is 1.93 bits per heavy atom. The van der Waals surface area contributed by atoms with Crippen LogP contribution in [0.5, 0.6) is 0 Å². The van der Waals surface area contributed by atoms with Crippen LogP contribution in [0.4, 0.5) is 4.79 Å². The Morgan fingerprint density at radius 1 is 1.25 bits per heavy atom. The van der Waals surface area contributed by atoms with E-state index in [-0.39, 0.29) is 4.91 Å². The third-order valence-corrected chi connectivity index (χ3v) is 5.81. The average Bonchev–Trinajstić information content (AvgIpc) is 3.09. The number of aromatic nitrogens is 1. The fourth-order valence-corrected chi connectivity index (χ4v) is 4.29. The zero-order chi connectivity index (χ0) is 20.6. The van der Waals surface area contributed by atoms with Crippen molar-refractivity contribution in [3.8, 4) is 5.69 Å². The number of carbonyl (C=O) groups excluding carboxylic acids is 3. The first-order chi connectivity index (χ1) is 13.3. The lowest BCUT2D eigenvalue weighted by Gasteiger charge is -2.18. The fraction of sp³-hybridized carbons (Fsp3) is 0.250. The predicted molar refractivity (Wildman–Crippen MR) is 110 cm³/mol. The summed E-state index contributed by atoms with van der Waals surface area (Å²) in [6.45, 7) is 5.33. The van der Waals surface area contributed by atoms with E-state index in [9.17, 15) is 14.4 Å². The number of rotatable bonds is 4. The number of nitrogens with zero attached hydrogens (tertiary/aromatic N) is 2. The van der Waals surface area contributed by atoms with Gasteiger partial charge in [0.15, 0.2) is 0 Å². The standard InChI is InChI=1S/C20H19ClN2O4S/c1-11-9-14(12(2)22(11)16-8-6-5-7-15(16)21)10-17-18(24)23(20(26)28-17)13(3)19(25)27-4/h5-10,13H,1-4H3/b17-10+/t13-/m0/s1. The number of esters is 1. The van der Waals surface area contributed by atoms with Crippen LogP contribution in [0.2, 0.25) is 5.02 Å². The molecule has 0 saturated carbocycles. The first-order valence-electron chi connectivity index (χ1n) is 8.55. The fourth-order valence-electron chi connectivity index (χ4n) is 3.17. The van der Waals surface area contributed by atoms with E-state index in [1.165, 1.54) is 14.0 Å². The van der Waals surface area contributed by atoms with Crippen molar-refractivity contribution in [1.29, 1.82) is 0 Å². The van der Waals surface area contributed by atoms with Crippen molar-refractivity contribution in [2.24, 2.45) is 0 Å². The Bertz CT molecular complexity index is 1010. The number of methoxy groups -OCH3 is 1. The highest BCUT2D eigenvalue weighted by atomic mass is 35.5. The number of hydrogen-bond donors (Lipinski definition) is 0. The first kappa shape index (κ1) is 20.2. The van der Waals surface area contributed by atoms with Crippen LogP contribution in [-0.2, 0) is 14.3 Å². The van der Waals surface area contributed by atoms with Crippen LogP contribution in [0.15, 0.2) is 35.2 Å². The maximum atomic E-state index is 12.7. The molecule has 28 heavy (non-hydrogen) atoms. The predicted octanol–water partition coefficient (Wildman–Crippen LogP) is 4.35. The number of hydrogen-bond acceptors (Lipinski definition) is 5. The molecule has 0 N–H and O–H groups in total. The molecule has 1 aliphatic rings. The lowest BCUT2D eigenvalue weighted by molar-refractivity contribution is -0.148. The summed E-state index contributed by atoms with van der Waals surface area (Å²) in [7, 11) is 1.22. The summed E-state index contributed by atoms with van der Waals surface area (Å²) >= 11 is 7.14.